The van der Waals surface area contributed by atoms with Crippen LogP contribution in [0.4, 0.5) is 13.2 Å². The van der Waals surface area contributed by atoms with Crippen LogP contribution in [0.1, 0.15) is 24.8 Å². The van der Waals surface area contributed by atoms with Gasteiger partial charge in [-0.1, -0.05) is 18.6 Å². The fourth-order valence-electron chi connectivity index (χ4n) is 2.50. The van der Waals surface area contributed by atoms with Gasteiger partial charge in [0, 0.05) is 17.8 Å². The molecule has 0 amide bonds. The largest absolute Gasteiger partial charge is 0.573 e. The molecule has 1 N–H and O–H groups in total. The summed E-state index contributed by atoms with van der Waals surface area (Å²) in [6.45, 7) is 0.675. The van der Waals surface area contributed by atoms with E-state index in [9.17, 15) is 13.2 Å². The molecule has 0 saturated heterocycles. The van der Waals surface area contributed by atoms with Gasteiger partial charge < -0.3 is 10.1 Å². The summed E-state index contributed by atoms with van der Waals surface area (Å²) in [6.07, 6.45) is 1.13. The van der Waals surface area contributed by atoms with Gasteiger partial charge >= 0.3 is 6.36 Å². The molecule has 1 fully saturated rings. The number of ether oxygens (including phenoxy) is 1. The number of nitrogens with one attached hydrogen (secondary N) is 1. The van der Waals surface area contributed by atoms with E-state index < -0.39 is 6.36 Å². The molecule has 20 heavy (non-hydrogen) atoms. The summed E-state index contributed by atoms with van der Waals surface area (Å²) in [6, 6.07) is 6.53. The predicted octanol–water partition coefficient (Wildman–Crippen LogP) is 3.96. The van der Waals surface area contributed by atoms with E-state index in [-0.39, 0.29) is 5.75 Å². The molecule has 0 aromatic heterocycles. The Morgan fingerprint density at radius 2 is 1.95 bits per heavy atom. The van der Waals surface area contributed by atoms with Gasteiger partial charge in [-0.2, -0.15) is 11.8 Å². The summed E-state index contributed by atoms with van der Waals surface area (Å²) in [5.41, 5.74) is 0.964. The third-order valence-electron chi connectivity index (χ3n) is 3.48. The number of benzene rings is 1. The van der Waals surface area contributed by atoms with Crippen LogP contribution in [0.2, 0.25) is 0 Å². The van der Waals surface area contributed by atoms with Gasteiger partial charge in [0.25, 0.3) is 0 Å². The van der Waals surface area contributed by atoms with Crippen LogP contribution < -0.4 is 10.1 Å². The average Bonchev–Trinajstić information content (AvgIpc) is 2.83. The second-order valence-electron chi connectivity index (χ2n) is 4.88. The third kappa shape index (κ3) is 4.59. The van der Waals surface area contributed by atoms with E-state index in [0.717, 1.165) is 5.56 Å². The Labute approximate surface area is 121 Å². The van der Waals surface area contributed by atoms with Crippen LogP contribution in [0.15, 0.2) is 24.3 Å². The zero-order chi connectivity index (χ0) is 14.6. The molecule has 2 unspecified atom stereocenters. The maximum Gasteiger partial charge on any atom is 0.573 e. The normalized spacial score (nSPS) is 23.0. The Balaban J connectivity index is 1.85. The number of halogens is 3. The molecular formula is C14H18F3NOS. The maximum atomic E-state index is 12.0. The van der Waals surface area contributed by atoms with Gasteiger partial charge in [-0.05, 0) is 36.8 Å². The molecule has 1 aliphatic carbocycles. The van der Waals surface area contributed by atoms with Gasteiger partial charge in [0.2, 0.25) is 0 Å². The molecule has 2 nitrogen and oxygen atoms in total. The van der Waals surface area contributed by atoms with E-state index in [1.54, 1.807) is 12.1 Å². The summed E-state index contributed by atoms with van der Waals surface area (Å²) < 4.78 is 40.0. The lowest BCUT2D eigenvalue weighted by atomic mass is 10.2. The first-order chi connectivity index (χ1) is 9.48. The van der Waals surface area contributed by atoms with E-state index in [1.165, 1.54) is 31.4 Å². The number of alkyl halides is 3. The Hall–Kier alpha value is -0.880. The average molecular weight is 305 g/mol. The number of hydrogen-bond acceptors (Lipinski definition) is 3. The first-order valence-electron chi connectivity index (χ1n) is 6.59. The lowest BCUT2D eigenvalue weighted by Gasteiger charge is -2.19. The zero-order valence-corrected chi connectivity index (χ0v) is 12.1. The zero-order valence-electron chi connectivity index (χ0n) is 11.2. The Bertz CT molecular complexity index is 421. The van der Waals surface area contributed by atoms with E-state index in [2.05, 4.69) is 16.3 Å². The van der Waals surface area contributed by atoms with E-state index in [4.69, 9.17) is 0 Å². The van der Waals surface area contributed by atoms with Crippen molar-refractivity contribution in [2.45, 2.75) is 43.5 Å². The van der Waals surface area contributed by atoms with Gasteiger partial charge in [-0.25, -0.2) is 0 Å². The van der Waals surface area contributed by atoms with E-state index in [1.807, 2.05) is 11.8 Å². The topological polar surface area (TPSA) is 21.3 Å². The summed E-state index contributed by atoms with van der Waals surface area (Å²) >= 11 is 1.88. The molecule has 0 aliphatic heterocycles. The second-order valence-corrected chi connectivity index (χ2v) is 5.96. The Morgan fingerprint density at radius 3 is 2.55 bits per heavy atom. The lowest BCUT2D eigenvalue weighted by molar-refractivity contribution is -0.274. The van der Waals surface area contributed by atoms with Crippen molar-refractivity contribution in [1.29, 1.82) is 0 Å². The Kier molecular flexibility index (Phi) is 5.21. The summed E-state index contributed by atoms with van der Waals surface area (Å²) in [5, 5.41) is 4.12. The van der Waals surface area contributed by atoms with Gasteiger partial charge in [0.05, 0.1) is 0 Å². The first-order valence-corrected chi connectivity index (χ1v) is 7.87. The number of rotatable bonds is 5. The molecule has 2 rings (SSSR count). The highest BCUT2D eigenvalue weighted by atomic mass is 32.2. The Morgan fingerprint density at radius 1 is 1.25 bits per heavy atom. The van der Waals surface area contributed by atoms with Crippen molar-refractivity contribution in [2.75, 3.05) is 6.26 Å². The van der Waals surface area contributed by atoms with Gasteiger partial charge in [-0.3, -0.25) is 0 Å². The number of hydrogen-bond donors (Lipinski definition) is 1. The van der Waals surface area contributed by atoms with Crippen molar-refractivity contribution in [1.82, 2.24) is 5.32 Å². The van der Waals surface area contributed by atoms with Crippen LogP contribution in [-0.4, -0.2) is 23.9 Å². The standard InChI is InChI=1S/C14H18F3NOS/c1-20-13-4-2-3-12(13)18-9-10-5-7-11(8-6-10)19-14(15,16)17/h5-8,12-13,18H,2-4,9H2,1H3. The first kappa shape index (κ1) is 15.5. The molecule has 2 atom stereocenters. The van der Waals surface area contributed by atoms with Crippen molar-refractivity contribution in [3.05, 3.63) is 29.8 Å². The number of thioether (sulfide) groups is 1. The van der Waals surface area contributed by atoms with Crippen LogP contribution in [-0.2, 0) is 6.54 Å². The minimum Gasteiger partial charge on any atom is -0.406 e. The van der Waals surface area contributed by atoms with Crippen molar-refractivity contribution in [3.63, 3.8) is 0 Å². The van der Waals surface area contributed by atoms with Gasteiger partial charge in [0.1, 0.15) is 5.75 Å². The van der Waals surface area contributed by atoms with Crippen LogP contribution in [0.3, 0.4) is 0 Å². The molecule has 6 heteroatoms. The second kappa shape index (κ2) is 6.72. The minimum atomic E-state index is -4.63. The fourth-order valence-corrected chi connectivity index (χ4v) is 3.46. The fraction of sp³-hybridized carbons (Fsp3) is 0.571. The van der Waals surface area contributed by atoms with Gasteiger partial charge in [0.15, 0.2) is 0 Å². The molecule has 0 spiro atoms. The molecule has 1 aromatic carbocycles. The highest BCUT2D eigenvalue weighted by molar-refractivity contribution is 7.99. The van der Waals surface area contributed by atoms with Crippen molar-refractivity contribution < 1.29 is 17.9 Å². The summed E-state index contributed by atoms with van der Waals surface area (Å²) in [7, 11) is 0. The van der Waals surface area contributed by atoms with E-state index in [0.29, 0.717) is 17.8 Å². The molecule has 1 saturated carbocycles. The monoisotopic (exact) mass is 305 g/mol. The molecule has 0 radical (unpaired) electrons. The molecule has 1 aliphatic rings. The quantitative estimate of drug-likeness (QED) is 0.890. The SMILES string of the molecule is CSC1CCCC1NCc1ccc(OC(F)(F)F)cc1. The molecule has 0 heterocycles. The van der Waals surface area contributed by atoms with Crippen LogP contribution in [0, 0.1) is 0 Å². The van der Waals surface area contributed by atoms with Crippen LogP contribution in [0.5, 0.6) is 5.75 Å². The third-order valence-corrected chi connectivity index (χ3v) is 4.65. The minimum absolute atomic E-state index is 0.177. The lowest BCUT2D eigenvalue weighted by Crippen LogP contribution is -2.33. The maximum absolute atomic E-state index is 12.0. The van der Waals surface area contributed by atoms with Crippen LogP contribution in [0.25, 0.3) is 0 Å². The smallest absolute Gasteiger partial charge is 0.406 e. The van der Waals surface area contributed by atoms with E-state index >= 15 is 0 Å². The molecular weight excluding hydrogens is 287 g/mol. The van der Waals surface area contributed by atoms with Crippen LogP contribution >= 0.6 is 11.8 Å². The van der Waals surface area contributed by atoms with Crippen molar-refractivity contribution in [3.8, 4) is 5.75 Å². The highest BCUT2D eigenvalue weighted by Crippen LogP contribution is 2.28. The predicted molar refractivity (Wildman–Crippen MR) is 74.9 cm³/mol. The molecule has 112 valence electrons. The van der Waals surface area contributed by atoms with Gasteiger partial charge in [-0.15, -0.1) is 13.2 Å². The molecule has 1 aromatic rings. The molecule has 0 bridgehead atoms. The summed E-state index contributed by atoms with van der Waals surface area (Å²) in [5.74, 6) is -0.177. The van der Waals surface area contributed by atoms with Crippen molar-refractivity contribution in [2.24, 2.45) is 0 Å². The van der Waals surface area contributed by atoms with Crippen molar-refractivity contribution >= 4 is 11.8 Å². The summed E-state index contributed by atoms with van der Waals surface area (Å²) in [4.78, 5) is 0. The highest BCUT2D eigenvalue weighted by Gasteiger charge is 2.31.